The fourth-order valence-corrected chi connectivity index (χ4v) is 3.54. The molecule has 0 saturated carbocycles. The van der Waals surface area contributed by atoms with Gasteiger partial charge in [0.15, 0.2) is 17.3 Å². The first-order valence-electron chi connectivity index (χ1n) is 8.74. The number of carbonyl (C=O) groups excluding carboxylic acids is 1. The maximum atomic E-state index is 13.0. The Morgan fingerprint density at radius 3 is 3.00 bits per heavy atom. The van der Waals surface area contributed by atoms with Crippen molar-refractivity contribution in [1.29, 1.82) is 0 Å². The number of nitrogens with zero attached hydrogens (tertiary/aromatic N) is 3. The molecule has 8 nitrogen and oxygen atoms in total. The number of piperidine rings is 1. The van der Waals surface area contributed by atoms with Gasteiger partial charge in [0.1, 0.15) is 13.2 Å². The third-order valence-electron chi connectivity index (χ3n) is 4.69. The monoisotopic (exact) mass is 359 g/mol. The van der Waals surface area contributed by atoms with Gasteiger partial charge in [0.05, 0.1) is 24.1 Å². The molecule has 1 fully saturated rings. The number of aromatic nitrogens is 2. The van der Waals surface area contributed by atoms with Crippen LogP contribution in [0.25, 0.3) is 0 Å². The normalized spacial score (nSPS) is 22.3. The van der Waals surface area contributed by atoms with E-state index in [9.17, 15) is 9.90 Å². The topological polar surface area (TPSA) is 97.9 Å². The van der Waals surface area contributed by atoms with Crippen LogP contribution in [0.3, 0.4) is 0 Å². The highest BCUT2D eigenvalue weighted by atomic mass is 16.6. The molecule has 1 amide bonds. The molecule has 1 aromatic heterocycles. The van der Waals surface area contributed by atoms with Crippen LogP contribution in [0.2, 0.25) is 0 Å². The van der Waals surface area contributed by atoms with Crippen molar-refractivity contribution in [3.8, 4) is 11.5 Å². The second-order valence-electron chi connectivity index (χ2n) is 6.80. The lowest BCUT2D eigenvalue weighted by atomic mass is 9.89. The molecular weight excluding hydrogens is 338 g/mol. The maximum absolute atomic E-state index is 13.0. The van der Waals surface area contributed by atoms with Gasteiger partial charge in [0.25, 0.3) is 5.91 Å². The number of β-amino-alcohol motifs (C(OH)–C–C–N with tert-alkyl or cyclic N) is 1. The average molecular weight is 359 g/mol. The van der Waals surface area contributed by atoms with Gasteiger partial charge in [-0.2, -0.15) is 4.98 Å². The second kappa shape index (κ2) is 6.60. The Morgan fingerprint density at radius 2 is 2.19 bits per heavy atom. The zero-order valence-corrected chi connectivity index (χ0v) is 14.6. The van der Waals surface area contributed by atoms with Crippen molar-refractivity contribution >= 4 is 5.91 Å². The number of rotatable bonds is 3. The third-order valence-corrected chi connectivity index (χ3v) is 4.69. The first-order chi connectivity index (χ1) is 12.5. The molecule has 2 aliphatic rings. The zero-order chi connectivity index (χ0) is 18.1. The van der Waals surface area contributed by atoms with Gasteiger partial charge in [0.2, 0.25) is 5.89 Å². The van der Waals surface area contributed by atoms with E-state index in [-0.39, 0.29) is 18.9 Å². The molecule has 1 aromatic carbocycles. The summed E-state index contributed by atoms with van der Waals surface area (Å²) >= 11 is 0. The van der Waals surface area contributed by atoms with Crippen molar-refractivity contribution in [2.45, 2.75) is 31.8 Å². The van der Waals surface area contributed by atoms with Crippen LogP contribution in [-0.4, -0.2) is 58.0 Å². The summed E-state index contributed by atoms with van der Waals surface area (Å²) in [6.45, 7) is 3.40. The summed E-state index contributed by atoms with van der Waals surface area (Å²) in [6.07, 6.45) is 1.50. The van der Waals surface area contributed by atoms with Crippen molar-refractivity contribution in [3.05, 3.63) is 35.5 Å². The molecule has 8 heteroatoms. The highest BCUT2D eigenvalue weighted by molar-refractivity contribution is 5.98. The number of aryl methyl sites for hydroxylation is 1. The quantitative estimate of drug-likeness (QED) is 0.883. The van der Waals surface area contributed by atoms with Gasteiger partial charge < -0.3 is 24.0 Å². The summed E-state index contributed by atoms with van der Waals surface area (Å²) in [5, 5.41) is 14.7. The van der Waals surface area contributed by atoms with Gasteiger partial charge in [-0.1, -0.05) is 11.2 Å². The molecular formula is C18H21N3O5. The van der Waals surface area contributed by atoms with Crippen LogP contribution < -0.4 is 9.47 Å². The van der Waals surface area contributed by atoms with Crippen LogP contribution >= 0.6 is 0 Å². The Balaban J connectivity index is 1.53. The van der Waals surface area contributed by atoms with Crippen LogP contribution in [0.4, 0.5) is 0 Å². The lowest BCUT2D eigenvalue weighted by molar-refractivity contribution is -0.0288. The van der Waals surface area contributed by atoms with Crippen molar-refractivity contribution in [1.82, 2.24) is 15.0 Å². The smallest absolute Gasteiger partial charge is 0.257 e. The zero-order valence-electron chi connectivity index (χ0n) is 14.6. The van der Waals surface area contributed by atoms with Gasteiger partial charge in [-0.3, -0.25) is 4.79 Å². The molecule has 1 unspecified atom stereocenters. The molecule has 2 aromatic rings. The molecule has 0 aliphatic carbocycles. The molecule has 3 heterocycles. The van der Waals surface area contributed by atoms with Crippen LogP contribution in [0, 0.1) is 6.92 Å². The predicted octanol–water partition coefficient (Wildman–Crippen LogP) is 1.36. The maximum Gasteiger partial charge on any atom is 0.257 e. The molecule has 0 radical (unpaired) electrons. The molecule has 2 aliphatic heterocycles. The number of para-hydroxylation sites is 1. The minimum atomic E-state index is -1.08. The Morgan fingerprint density at radius 1 is 1.35 bits per heavy atom. The minimum absolute atomic E-state index is 0.174. The number of fused-ring (bicyclic) bond motifs is 1. The van der Waals surface area contributed by atoms with E-state index in [1.165, 1.54) is 0 Å². The van der Waals surface area contributed by atoms with E-state index in [0.717, 1.165) is 0 Å². The van der Waals surface area contributed by atoms with Gasteiger partial charge in [-0.05, 0) is 31.9 Å². The summed E-state index contributed by atoms with van der Waals surface area (Å²) in [5.41, 5.74) is -0.626. The van der Waals surface area contributed by atoms with E-state index in [2.05, 4.69) is 10.1 Å². The highest BCUT2D eigenvalue weighted by Gasteiger charge is 2.38. The first-order valence-corrected chi connectivity index (χ1v) is 8.74. The Labute approximate surface area is 150 Å². The lowest BCUT2D eigenvalue weighted by Gasteiger charge is -2.38. The second-order valence-corrected chi connectivity index (χ2v) is 6.80. The lowest BCUT2D eigenvalue weighted by Crippen LogP contribution is -2.51. The summed E-state index contributed by atoms with van der Waals surface area (Å²) < 4.78 is 16.3. The summed E-state index contributed by atoms with van der Waals surface area (Å²) in [6, 6.07) is 5.29. The van der Waals surface area contributed by atoms with E-state index >= 15 is 0 Å². The predicted molar refractivity (Wildman–Crippen MR) is 90.3 cm³/mol. The Bertz CT molecular complexity index is 821. The summed E-state index contributed by atoms with van der Waals surface area (Å²) in [7, 11) is 0. The van der Waals surface area contributed by atoms with Crippen LogP contribution in [0.5, 0.6) is 11.5 Å². The van der Waals surface area contributed by atoms with Gasteiger partial charge in [-0.15, -0.1) is 0 Å². The molecule has 1 atom stereocenters. The van der Waals surface area contributed by atoms with Crippen molar-refractivity contribution in [2.24, 2.45) is 0 Å². The van der Waals surface area contributed by atoms with Crippen LogP contribution in [0.15, 0.2) is 22.7 Å². The molecule has 4 rings (SSSR count). The number of hydrogen-bond donors (Lipinski definition) is 1. The molecule has 26 heavy (non-hydrogen) atoms. The van der Waals surface area contributed by atoms with E-state index < -0.39 is 5.60 Å². The SMILES string of the molecule is Cc1noc(CC2(O)CCCN(C(=O)c3cccc4c3OCCO4)C2)n1. The van der Waals surface area contributed by atoms with Crippen LogP contribution in [0.1, 0.15) is 34.9 Å². The fourth-order valence-electron chi connectivity index (χ4n) is 3.54. The molecule has 1 saturated heterocycles. The molecule has 1 N–H and O–H groups in total. The van der Waals surface area contributed by atoms with E-state index in [4.69, 9.17) is 14.0 Å². The van der Waals surface area contributed by atoms with E-state index in [1.54, 1.807) is 30.0 Å². The third kappa shape index (κ3) is 3.24. The number of likely N-dealkylation sites (tertiary alicyclic amines) is 1. The van der Waals surface area contributed by atoms with Crippen LogP contribution in [-0.2, 0) is 6.42 Å². The highest BCUT2D eigenvalue weighted by Crippen LogP contribution is 2.35. The van der Waals surface area contributed by atoms with E-state index in [0.29, 0.717) is 61.4 Å². The van der Waals surface area contributed by atoms with Crippen molar-refractivity contribution in [3.63, 3.8) is 0 Å². The number of ether oxygens (including phenoxy) is 2. The standard InChI is InChI=1S/C18H21N3O5/c1-12-19-15(26-20-12)10-18(23)6-3-7-21(11-18)17(22)13-4-2-5-14-16(13)25-9-8-24-14/h2,4-5,23H,3,6-11H2,1H3. The molecule has 0 bridgehead atoms. The van der Waals surface area contributed by atoms with E-state index in [1.807, 2.05) is 0 Å². The molecule has 138 valence electrons. The Hall–Kier alpha value is -2.61. The van der Waals surface area contributed by atoms with Gasteiger partial charge in [-0.25, -0.2) is 0 Å². The largest absolute Gasteiger partial charge is 0.486 e. The fraction of sp³-hybridized carbons (Fsp3) is 0.500. The minimum Gasteiger partial charge on any atom is -0.486 e. The summed E-state index contributed by atoms with van der Waals surface area (Å²) in [5.74, 6) is 1.79. The molecule has 0 spiro atoms. The Kier molecular flexibility index (Phi) is 4.28. The van der Waals surface area contributed by atoms with Crippen molar-refractivity contribution < 1.29 is 23.9 Å². The van der Waals surface area contributed by atoms with Gasteiger partial charge >= 0.3 is 0 Å². The first kappa shape index (κ1) is 16.8. The number of aliphatic hydroxyl groups is 1. The number of hydrogen-bond acceptors (Lipinski definition) is 7. The number of benzene rings is 1. The average Bonchev–Trinajstić information content (AvgIpc) is 3.04. The van der Waals surface area contributed by atoms with Crippen molar-refractivity contribution in [2.75, 3.05) is 26.3 Å². The summed E-state index contributed by atoms with van der Waals surface area (Å²) in [4.78, 5) is 18.9. The van der Waals surface area contributed by atoms with Gasteiger partial charge in [0, 0.05) is 6.54 Å². The number of amides is 1. The number of carbonyl (C=O) groups is 1.